The summed E-state index contributed by atoms with van der Waals surface area (Å²) in [7, 11) is 0. The van der Waals surface area contributed by atoms with Crippen LogP contribution in [0.15, 0.2) is 29.6 Å². The van der Waals surface area contributed by atoms with Crippen molar-refractivity contribution in [2.45, 2.75) is 52.2 Å². The Morgan fingerprint density at radius 3 is 2.64 bits per heavy atom. The van der Waals surface area contributed by atoms with Crippen molar-refractivity contribution in [3.63, 3.8) is 0 Å². The van der Waals surface area contributed by atoms with Gasteiger partial charge < -0.3 is 14.8 Å². The predicted molar refractivity (Wildman–Crippen MR) is 107 cm³/mol. The lowest BCUT2D eigenvalue weighted by Crippen LogP contribution is -2.42. The molecule has 1 heterocycles. The molecule has 1 aliphatic rings. The molecule has 28 heavy (non-hydrogen) atoms. The number of esters is 1. The van der Waals surface area contributed by atoms with Gasteiger partial charge in [-0.15, -0.1) is 11.3 Å². The summed E-state index contributed by atoms with van der Waals surface area (Å²) in [5.41, 5.74) is 1.26. The molecule has 3 rings (SSSR count). The first-order chi connectivity index (χ1) is 13.5. The van der Waals surface area contributed by atoms with E-state index in [-0.39, 0.29) is 18.6 Å². The van der Waals surface area contributed by atoms with Gasteiger partial charge in [-0.2, -0.15) is 0 Å². The average Bonchev–Trinajstić information content (AvgIpc) is 3.12. The number of hydrogen-bond donors (Lipinski definition) is 1. The number of hydrogen-bond acceptors (Lipinski definition) is 6. The summed E-state index contributed by atoms with van der Waals surface area (Å²) in [5, 5.41) is 5.93. The Morgan fingerprint density at radius 2 is 1.96 bits per heavy atom. The van der Waals surface area contributed by atoms with Crippen LogP contribution in [0.4, 0.5) is 0 Å². The van der Waals surface area contributed by atoms with E-state index in [4.69, 9.17) is 9.47 Å². The van der Waals surface area contributed by atoms with Gasteiger partial charge in [0.2, 0.25) is 0 Å². The summed E-state index contributed by atoms with van der Waals surface area (Å²) >= 11 is 1.58. The first-order valence-electron chi connectivity index (χ1n) is 9.61. The van der Waals surface area contributed by atoms with Gasteiger partial charge in [0.1, 0.15) is 12.4 Å². The molecule has 6 nitrogen and oxygen atoms in total. The lowest BCUT2D eigenvalue weighted by atomic mass is 9.86. The van der Waals surface area contributed by atoms with Crippen molar-refractivity contribution in [1.29, 1.82) is 0 Å². The van der Waals surface area contributed by atoms with E-state index in [0.717, 1.165) is 30.0 Å². The van der Waals surface area contributed by atoms with Crippen LogP contribution >= 0.6 is 11.3 Å². The van der Waals surface area contributed by atoms with Crippen LogP contribution in [-0.2, 0) is 16.1 Å². The molecule has 0 saturated heterocycles. The molecule has 1 saturated carbocycles. The van der Waals surface area contributed by atoms with Crippen molar-refractivity contribution in [2.24, 2.45) is 5.92 Å². The fourth-order valence-corrected chi connectivity index (χ4v) is 3.91. The zero-order valence-electron chi connectivity index (χ0n) is 16.3. The number of ether oxygens (including phenoxy) is 2. The highest BCUT2D eigenvalue weighted by Gasteiger charge is 2.23. The van der Waals surface area contributed by atoms with Crippen LogP contribution in [-0.4, -0.2) is 29.5 Å². The average molecular weight is 403 g/mol. The van der Waals surface area contributed by atoms with Gasteiger partial charge in [-0.1, -0.05) is 19.8 Å². The number of carbonyl (C=O) groups excluding carboxylic acids is 2. The molecule has 1 N–H and O–H groups in total. The standard InChI is InChI=1S/C21H26N2O4S/c1-14-5-3-4-6-19(14)23-20(24)12-27-21(25)16-7-9-18(10-8-16)26-11-17-13-28-15(2)22-17/h7-10,13-14,19H,3-6,11-12H2,1-2H3,(H,23,24)/t14-,19-/m1/s1. The van der Waals surface area contributed by atoms with Crippen molar-refractivity contribution >= 4 is 23.2 Å². The van der Waals surface area contributed by atoms with Crippen molar-refractivity contribution in [3.05, 3.63) is 45.9 Å². The minimum Gasteiger partial charge on any atom is -0.487 e. The normalized spacial score (nSPS) is 19.1. The summed E-state index contributed by atoms with van der Waals surface area (Å²) < 4.78 is 10.8. The summed E-state index contributed by atoms with van der Waals surface area (Å²) in [4.78, 5) is 28.5. The van der Waals surface area contributed by atoms with Crippen LogP contribution in [0, 0.1) is 12.8 Å². The van der Waals surface area contributed by atoms with E-state index in [0.29, 0.717) is 23.8 Å². The number of rotatable bonds is 7. The van der Waals surface area contributed by atoms with Gasteiger partial charge in [0.25, 0.3) is 5.91 Å². The number of nitrogens with one attached hydrogen (secondary N) is 1. The number of nitrogens with zero attached hydrogens (tertiary/aromatic N) is 1. The van der Waals surface area contributed by atoms with Gasteiger partial charge in [-0.3, -0.25) is 4.79 Å². The number of aryl methyl sites for hydroxylation is 1. The van der Waals surface area contributed by atoms with Gasteiger partial charge in [0, 0.05) is 11.4 Å². The molecule has 2 atom stereocenters. The van der Waals surface area contributed by atoms with Gasteiger partial charge in [0.15, 0.2) is 6.61 Å². The smallest absolute Gasteiger partial charge is 0.338 e. The van der Waals surface area contributed by atoms with Crippen molar-refractivity contribution in [2.75, 3.05) is 6.61 Å². The zero-order chi connectivity index (χ0) is 19.9. The van der Waals surface area contributed by atoms with E-state index in [1.54, 1.807) is 35.6 Å². The van der Waals surface area contributed by atoms with Gasteiger partial charge in [0.05, 0.1) is 16.3 Å². The summed E-state index contributed by atoms with van der Waals surface area (Å²) in [6.07, 6.45) is 4.46. The van der Waals surface area contributed by atoms with Crippen LogP contribution in [0.5, 0.6) is 5.75 Å². The van der Waals surface area contributed by atoms with E-state index in [9.17, 15) is 9.59 Å². The predicted octanol–water partition coefficient (Wildman–Crippen LogP) is 3.88. The van der Waals surface area contributed by atoms with E-state index in [1.807, 2.05) is 12.3 Å². The van der Waals surface area contributed by atoms with Gasteiger partial charge >= 0.3 is 5.97 Å². The van der Waals surface area contributed by atoms with Crippen LogP contribution in [0.3, 0.4) is 0 Å². The fourth-order valence-electron chi connectivity index (χ4n) is 3.31. The Morgan fingerprint density at radius 1 is 1.21 bits per heavy atom. The summed E-state index contributed by atoms with van der Waals surface area (Å²) in [5.74, 6) is 0.347. The van der Waals surface area contributed by atoms with E-state index in [1.165, 1.54) is 6.42 Å². The quantitative estimate of drug-likeness (QED) is 0.711. The highest BCUT2D eigenvalue weighted by molar-refractivity contribution is 7.09. The highest BCUT2D eigenvalue weighted by Crippen LogP contribution is 2.23. The van der Waals surface area contributed by atoms with Crippen LogP contribution in [0.2, 0.25) is 0 Å². The molecular weight excluding hydrogens is 376 g/mol. The van der Waals surface area contributed by atoms with Crippen LogP contribution in [0.1, 0.15) is 53.7 Å². The van der Waals surface area contributed by atoms with Crippen molar-refractivity contribution < 1.29 is 19.1 Å². The Bertz CT molecular complexity index is 803. The lowest BCUT2D eigenvalue weighted by Gasteiger charge is -2.29. The minimum atomic E-state index is -0.520. The molecule has 1 fully saturated rings. The number of carbonyl (C=O) groups is 2. The first-order valence-corrected chi connectivity index (χ1v) is 10.5. The van der Waals surface area contributed by atoms with Gasteiger partial charge in [-0.05, 0) is 49.9 Å². The largest absolute Gasteiger partial charge is 0.487 e. The zero-order valence-corrected chi connectivity index (χ0v) is 17.1. The Kier molecular flexibility index (Phi) is 7.03. The molecule has 0 unspecified atom stereocenters. The molecule has 0 bridgehead atoms. The fraction of sp³-hybridized carbons (Fsp3) is 0.476. The van der Waals surface area contributed by atoms with Gasteiger partial charge in [-0.25, -0.2) is 9.78 Å². The number of amides is 1. The molecule has 7 heteroatoms. The number of thiazole rings is 1. The maximum Gasteiger partial charge on any atom is 0.338 e. The molecule has 150 valence electrons. The molecule has 0 spiro atoms. The Balaban J connectivity index is 1.43. The van der Waals surface area contributed by atoms with Crippen LogP contribution in [0.25, 0.3) is 0 Å². The monoisotopic (exact) mass is 402 g/mol. The number of benzene rings is 1. The molecule has 0 radical (unpaired) electrons. The third kappa shape index (κ3) is 5.79. The van der Waals surface area contributed by atoms with E-state index >= 15 is 0 Å². The number of aromatic nitrogens is 1. The second-order valence-corrected chi connectivity index (χ2v) is 8.25. The minimum absolute atomic E-state index is 0.179. The first kappa shape index (κ1) is 20.3. The maximum atomic E-state index is 12.1. The second kappa shape index (κ2) is 9.68. The third-order valence-electron chi connectivity index (χ3n) is 4.94. The lowest BCUT2D eigenvalue weighted by molar-refractivity contribution is -0.125. The third-order valence-corrected chi connectivity index (χ3v) is 5.76. The summed E-state index contributed by atoms with van der Waals surface area (Å²) in [6.45, 7) is 4.22. The van der Waals surface area contributed by atoms with Crippen molar-refractivity contribution in [3.8, 4) is 5.75 Å². The molecule has 1 aromatic heterocycles. The molecular formula is C21H26N2O4S. The maximum absolute atomic E-state index is 12.1. The summed E-state index contributed by atoms with van der Waals surface area (Å²) in [6, 6.07) is 6.85. The van der Waals surface area contributed by atoms with Crippen molar-refractivity contribution in [1.82, 2.24) is 10.3 Å². The molecule has 2 aromatic rings. The van der Waals surface area contributed by atoms with E-state index < -0.39 is 5.97 Å². The molecule has 1 aromatic carbocycles. The SMILES string of the molecule is Cc1nc(COc2ccc(C(=O)OCC(=O)N[C@@H]3CCCC[C@H]3C)cc2)cs1. The Labute approximate surface area is 169 Å². The topological polar surface area (TPSA) is 77.5 Å². The Hall–Kier alpha value is -2.41. The van der Waals surface area contributed by atoms with Crippen LogP contribution < -0.4 is 10.1 Å². The molecule has 1 aliphatic carbocycles. The highest BCUT2D eigenvalue weighted by atomic mass is 32.1. The second-order valence-electron chi connectivity index (χ2n) is 7.18. The molecule has 0 aliphatic heterocycles. The molecule has 1 amide bonds. The van der Waals surface area contributed by atoms with E-state index in [2.05, 4.69) is 17.2 Å².